The summed E-state index contributed by atoms with van der Waals surface area (Å²) in [6.45, 7) is 18.7. The number of piperazine rings is 1. The number of aromatic nitrogens is 1. The molecular weight excluding hydrogens is 558 g/mol. The number of nitrogens with one attached hydrogen (secondary N) is 1. The number of rotatable bonds is 4. The lowest BCUT2D eigenvalue weighted by atomic mass is 9.49. The highest BCUT2D eigenvalue weighted by Crippen LogP contribution is 2.59. The van der Waals surface area contributed by atoms with Crippen molar-refractivity contribution < 1.29 is 9.53 Å². The Labute approximate surface area is 260 Å². The molecule has 2 aromatic rings. The number of likely N-dealkylation sites (tertiary alicyclic amines) is 1. The summed E-state index contributed by atoms with van der Waals surface area (Å²) >= 11 is 6.27. The fourth-order valence-corrected chi connectivity index (χ4v) is 9.47. The third-order valence-corrected chi connectivity index (χ3v) is 11.1. The third kappa shape index (κ3) is 4.81. The number of nitrogens with zero attached hydrogens (tertiary/aromatic N) is 4. The van der Waals surface area contributed by atoms with Crippen molar-refractivity contribution in [2.75, 3.05) is 13.1 Å². The minimum absolute atomic E-state index is 0.0280. The van der Waals surface area contributed by atoms with E-state index in [2.05, 4.69) is 54.6 Å². The van der Waals surface area contributed by atoms with Crippen LogP contribution in [0.4, 0.5) is 5.69 Å². The molecule has 2 aliphatic carbocycles. The molecule has 1 amide bonds. The molecule has 7 nitrogen and oxygen atoms in total. The first-order valence-electron chi connectivity index (χ1n) is 15.7. The van der Waals surface area contributed by atoms with E-state index in [-0.39, 0.29) is 28.9 Å². The fourth-order valence-electron chi connectivity index (χ4n) is 9.25. The van der Waals surface area contributed by atoms with Crippen LogP contribution in [0.2, 0.25) is 5.02 Å². The molecule has 2 saturated carbocycles. The fraction of sp³-hybridized carbons (Fsp3) is 0.571. The van der Waals surface area contributed by atoms with E-state index in [1.54, 1.807) is 18.2 Å². The molecule has 5 aliphatic rings. The zero-order chi connectivity index (χ0) is 30.1. The average Bonchev–Trinajstić information content (AvgIpc) is 3.70. The molecule has 1 N–H and O–H groups in total. The van der Waals surface area contributed by atoms with E-state index in [4.69, 9.17) is 27.9 Å². The number of amides is 1. The van der Waals surface area contributed by atoms with Crippen LogP contribution in [0.1, 0.15) is 81.5 Å². The van der Waals surface area contributed by atoms with Crippen LogP contribution in [0.15, 0.2) is 30.3 Å². The van der Waals surface area contributed by atoms with Gasteiger partial charge in [-0.25, -0.2) is 9.83 Å². The van der Waals surface area contributed by atoms with Crippen LogP contribution in [0.25, 0.3) is 4.85 Å². The number of carbonyl (C=O) groups is 1. The molecule has 4 fully saturated rings. The van der Waals surface area contributed by atoms with Crippen LogP contribution in [0, 0.1) is 35.2 Å². The number of halogens is 1. The quantitative estimate of drug-likeness (QED) is 0.342. The zero-order valence-electron chi connectivity index (χ0n) is 25.5. The second-order valence-electron chi connectivity index (χ2n) is 14.4. The largest absolute Gasteiger partial charge is 0.489 e. The lowest BCUT2D eigenvalue weighted by Crippen LogP contribution is -2.74. The summed E-state index contributed by atoms with van der Waals surface area (Å²) in [5.41, 5.74) is 2.04. The zero-order valence-corrected chi connectivity index (χ0v) is 26.2. The van der Waals surface area contributed by atoms with E-state index in [1.165, 1.54) is 25.8 Å². The summed E-state index contributed by atoms with van der Waals surface area (Å²) in [5, 5.41) is 4.00. The molecule has 4 heterocycles. The van der Waals surface area contributed by atoms with Gasteiger partial charge in [-0.2, -0.15) is 0 Å². The first kappa shape index (κ1) is 28.7. The molecular formula is C35H40ClN5O2. The first-order valence-corrected chi connectivity index (χ1v) is 16.1. The highest BCUT2D eigenvalue weighted by molar-refractivity contribution is 6.33. The molecule has 0 radical (unpaired) electrons. The van der Waals surface area contributed by atoms with E-state index in [0.717, 1.165) is 42.9 Å². The molecule has 1 aromatic heterocycles. The van der Waals surface area contributed by atoms with Gasteiger partial charge in [-0.05, 0) is 62.3 Å². The van der Waals surface area contributed by atoms with E-state index < -0.39 is 0 Å². The number of carbonyl (C=O) groups excluding carboxylic acids is 1. The first-order chi connectivity index (χ1) is 20.6. The molecule has 8 heteroatoms. The monoisotopic (exact) mass is 597 g/mol. The van der Waals surface area contributed by atoms with Gasteiger partial charge in [0.2, 0.25) is 5.69 Å². The van der Waals surface area contributed by atoms with Gasteiger partial charge in [0, 0.05) is 54.0 Å². The van der Waals surface area contributed by atoms with Crippen molar-refractivity contribution in [2.24, 2.45) is 16.7 Å². The molecule has 224 valence electrons. The average molecular weight is 598 g/mol. The van der Waals surface area contributed by atoms with Crippen molar-refractivity contribution in [3.05, 3.63) is 63.7 Å². The Balaban J connectivity index is 1.00. The molecule has 2 bridgehead atoms. The van der Waals surface area contributed by atoms with Gasteiger partial charge < -0.3 is 15.0 Å². The van der Waals surface area contributed by atoms with Gasteiger partial charge >= 0.3 is 0 Å². The summed E-state index contributed by atoms with van der Waals surface area (Å²) < 4.78 is 6.46. The van der Waals surface area contributed by atoms with Crippen LogP contribution in [0.5, 0.6) is 5.75 Å². The Kier molecular flexibility index (Phi) is 7.01. The second kappa shape index (κ2) is 10.5. The number of pyridine rings is 1. The number of fused-ring (bicyclic) bond motifs is 3. The maximum absolute atomic E-state index is 13.6. The van der Waals surface area contributed by atoms with E-state index in [0.29, 0.717) is 40.5 Å². The van der Waals surface area contributed by atoms with Gasteiger partial charge in [0.1, 0.15) is 17.5 Å². The molecule has 7 rings (SSSR count). The Hall–Kier alpha value is -3.10. The summed E-state index contributed by atoms with van der Waals surface area (Å²) in [6, 6.07) is 11.2. The lowest BCUT2D eigenvalue weighted by Gasteiger charge is -2.65. The predicted molar refractivity (Wildman–Crippen MR) is 167 cm³/mol. The van der Waals surface area contributed by atoms with Crippen molar-refractivity contribution in [1.82, 2.24) is 20.1 Å². The lowest BCUT2D eigenvalue weighted by molar-refractivity contribution is -0.199. The Bertz CT molecular complexity index is 1540. The molecule has 1 aromatic carbocycles. The molecule has 2 atom stereocenters. The third-order valence-electron chi connectivity index (χ3n) is 10.8. The van der Waals surface area contributed by atoms with Crippen LogP contribution < -0.4 is 10.1 Å². The van der Waals surface area contributed by atoms with E-state index in [9.17, 15) is 4.79 Å². The minimum Gasteiger partial charge on any atom is -0.489 e. The molecule has 0 spiro atoms. The maximum Gasteiger partial charge on any atom is 0.256 e. The van der Waals surface area contributed by atoms with Gasteiger partial charge in [-0.15, -0.1) is 0 Å². The predicted octanol–water partition coefficient (Wildman–Crippen LogP) is 6.08. The minimum atomic E-state index is -0.307. The molecule has 2 saturated heterocycles. The Morgan fingerprint density at radius 1 is 1.09 bits per heavy atom. The van der Waals surface area contributed by atoms with Gasteiger partial charge in [0.05, 0.1) is 29.4 Å². The highest BCUT2D eigenvalue weighted by atomic mass is 35.5. The van der Waals surface area contributed by atoms with Crippen molar-refractivity contribution >= 4 is 23.2 Å². The van der Waals surface area contributed by atoms with Crippen LogP contribution in [-0.4, -0.2) is 64.1 Å². The summed E-state index contributed by atoms with van der Waals surface area (Å²) in [5.74, 6) is 7.97. The molecule has 3 aliphatic heterocycles. The Morgan fingerprint density at radius 2 is 1.86 bits per heavy atom. The van der Waals surface area contributed by atoms with E-state index >= 15 is 0 Å². The summed E-state index contributed by atoms with van der Waals surface area (Å²) in [6.07, 6.45) is 5.96. The maximum atomic E-state index is 13.6. The topological polar surface area (TPSA) is 62.1 Å². The van der Waals surface area contributed by atoms with Gasteiger partial charge in [0.25, 0.3) is 5.91 Å². The van der Waals surface area contributed by atoms with Crippen molar-refractivity contribution in [3.8, 4) is 17.6 Å². The normalized spacial score (nSPS) is 32.0. The summed E-state index contributed by atoms with van der Waals surface area (Å²) in [4.78, 5) is 26.7. The highest BCUT2D eigenvalue weighted by Gasteiger charge is 2.67. The standard InChI is InChI=1S/C35H40ClN5O2/c1-34(2)32(35(3,4)33(34)43-26-13-15-29(37-5)28(36)17-26)41-20-30-27(31(41)42)14-10-22(39-30)9-6-21-7-11-24(12-8-21)40-19-23-16-25(40)18-38-23/h10,13-15,17,21,23-25,32-33,38H,7-8,11-12,16,18-20H2,1-4H3. The number of hydrogen-bond acceptors (Lipinski definition) is 5. The van der Waals surface area contributed by atoms with Crippen LogP contribution >= 0.6 is 11.6 Å². The van der Waals surface area contributed by atoms with Crippen molar-refractivity contribution in [3.63, 3.8) is 0 Å². The Morgan fingerprint density at radius 3 is 2.51 bits per heavy atom. The summed E-state index contributed by atoms with van der Waals surface area (Å²) in [7, 11) is 0. The second-order valence-corrected chi connectivity index (χ2v) is 14.8. The van der Waals surface area contributed by atoms with Crippen LogP contribution in [-0.2, 0) is 6.54 Å². The van der Waals surface area contributed by atoms with Gasteiger partial charge in [-0.3, -0.25) is 9.69 Å². The molecule has 43 heavy (non-hydrogen) atoms. The molecule has 2 unspecified atom stereocenters. The SMILES string of the molecule is [C-]#[N+]c1ccc(OC2C(C)(C)C(N3Cc4nc(C#CC5CCC(N6CC7CC6CN7)CC5)ccc4C3=O)C2(C)C)cc1Cl. The van der Waals surface area contributed by atoms with Crippen molar-refractivity contribution in [2.45, 2.75) is 96.6 Å². The van der Waals surface area contributed by atoms with Gasteiger partial charge in [-0.1, -0.05) is 51.3 Å². The number of hydrogen-bond donors (Lipinski definition) is 1. The van der Waals surface area contributed by atoms with Gasteiger partial charge in [0.15, 0.2) is 0 Å². The van der Waals surface area contributed by atoms with E-state index in [1.807, 2.05) is 17.0 Å². The number of ether oxygens (including phenoxy) is 1. The van der Waals surface area contributed by atoms with Crippen molar-refractivity contribution in [1.29, 1.82) is 0 Å². The number of benzene rings is 1. The van der Waals surface area contributed by atoms with Crippen LogP contribution in [0.3, 0.4) is 0 Å². The smallest absolute Gasteiger partial charge is 0.256 e.